The quantitative estimate of drug-likeness (QED) is 0.243. The summed E-state index contributed by atoms with van der Waals surface area (Å²) in [5.41, 5.74) is 10.3. The third-order valence-electron chi connectivity index (χ3n) is 6.95. The van der Waals surface area contributed by atoms with Crippen LogP contribution in [-0.2, 0) is 5.41 Å². The molecule has 0 heterocycles. The van der Waals surface area contributed by atoms with E-state index < -0.39 is 0 Å². The Hall–Kier alpha value is -3.35. The molecular formula is C29H17Cl. The van der Waals surface area contributed by atoms with Crippen LogP contribution in [-0.4, -0.2) is 0 Å². The van der Waals surface area contributed by atoms with Crippen LogP contribution < -0.4 is 0 Å². The molecule has 0 radical (unpaired) electrons. The van der Waals surface area contributed by atoms with Crippen molar-refractivity contribution in [1.82, 2.24) is 0 Å². The molecule has 0 aromatic heterocycles. The van der Waals surface area contributed by atoms with E-state index in [1.54, 1.807) is 0 Å². The van der Waals surface area contributed by atoms with Gasteiger partial charge in [0.05, 0.1) is 5.41 Å². The first-order chi connectivity index (χ1) is 14.8. The molecule has 0 N–H and O–H groups in total. The predicted octanol–water partition coefficient (Wildman–Crippen LogP) is 7.84. The molecule has 0 saturated carbocycles. The topological polar surface area (TPSA) is 0 Å². The molecule has 0 atom stereocenters. The van der Waals surface area contributed by atoms with Gasteiger partial charge < -0.3 is 0 Å². The normalized spacial score (nSPS) is 14.4. The highest BCUT2D eigenvalue weighted by Crippen LogP contribution is 2.64. The number of benzene rings is 5. The summed E-state index contributed by atoms with van der Waals surface area (Å²) in [5.74, 6) is 0. The van der Waals surface area contributed by atoms with E-state index in [1.807, 2.05) is 0 Å². The zero-order valence-corrected chi connectivity index (χ0v) is 16.9. The molecule has 1 spiro atoms. The Morgan fingerprint density at radius 3 is 1.57 bits per heavy atom. The number of hydrogen-bond donors (Lipinski definition) is 0. The Morgan fingerprint density at radius 1 is 0.467 bits per heavy atom. The summed E-state index contributed by atoms with van der Waals surface area (Å²) in [6.07, 6.45) is 0. The largest absolute Gasteiger partial charge is 0.0837 e. The Balaban J connectivity index is 1.77. The van der Waals surface area contributed by atoms with Crippen LogP contribution in [0.15, 0.2) is 103 Å². The zero-order chi connectivity index (χ0) is 19.9. The molecule has 0 unspecified atom stereocenters. The van der Waals surface area contributed by atoms with Crippen molar-refractivity contribution in [1.29, 1.82) is 0 Å². The maximum absolute atomic E-state index is 6.90. The van der Waals surface area contributed by atoms with Gasteiger partial charge in [0.15, 0.2) is 0 Å². The van der Waals surface area contributed by atoms with Crippen LogP contribution in [0.1, 0.15) is 22.3 Å². The van der Waals surface area contributed by atoms with E-state index in [2.05, 4.69) is 103 Å². The first-order valence-corrected chi connectivity index (χ1v) is 10.7. The van der Waals surface area contributed by atoms with Crippen molar-refractivity contribution >= 4 is 22.4 Å². The SMILES string of the molecule is Clc1cc2c(c3ccccc13)-c1ccccc1C21c2ccccc2-c2ccccc21. The van der Waals surface area contributed by atoms with Crippen molar-refractivity contribution in [2.75, 3.05) is 0 Å². The maximum atomic E-state index is 6.90. The summed E-state index contributed by atoms with van der Waals surface area (Å²) in [6, 6.07) is 37.3. The van der Waals surface area contributed by atoms with E-state index in [9.17, 15) is 0 Å². The van der Waals surface area contributed by atoms with Gasteiger partial charge in [0, 0.05) is 10.4 Å². The van der Waals surface area contributed by atoms with Crippen molar-refractivity contribution < 1.29 is 0 Å². The van der Waals surface area contributed by atoms with Gasteiger partial charge in [0.25, 0.3) is 0 Å². The minimum absolute atomic E-state index is 0.327. The maximum Gasteiger partial charge on any atom is 0.0726 e. The van der Waals surface area contributed by atoms with Crippen LogP contribution >= 0.6 is 11.6 Å². The molecule has 2 aliphatic rings. The highest BCUT2D eigenvalue weighted by molar-refractivity contribution is 6.36. The van der Waals surface area contributed by atoms with Gasteiger partial charge in [0.2, 0.25) is 0 Å². The van der Waals surface area contributed by atoms with Crippen LogP contribution in [0.5, 0.6) is 0 Å². The zero-order valence-electron chi connectivity index (χ0n) is 16.2. The molecule has 7 rings (SSSR count). The lowest BCUT2D eigenvalue weighted by Gasteiger charge is -2.30. The summed E-state index contributed by atoms with van der Waals surface area (Å²) < 4.78 is 0. The monoisotopic (exact) mass is 400 g/mol. The Bertz CT molecular complexity index is 1460. The molecule has 2 aliphatic carbocycles. The Kier molecular flexibility index (Phi) is 3.08. The smallest absolute Gasteiger partial charge is 0.0726 e. The molecule has 0 amide bonds. The number of rotatable bonds is 0. The Morgan fingerprint density at radius 2 is 0.933 bits per heavy atom. The van der Waals surface area contributed by atoms with Crippen LogP contribution in [0.2, 0.25) is 5.02 Å². The van der Waals surface area contributed by atoms with Crippen molar-refractivity contribution in [3.05, 3.63) is 130 Å². The van der Waals surface area contributed by atoms with Gasteiger partial charge in [-0.1, -0.05) is 109 Å². The number of hydrogen-bond acceptors (Lipinski definition) is 0. The average Bonchev–Trinajstić information content (AvgIpc) is 3.27. The minimum Gasteiger partial charge on any atom is -0.0837 e. The first-order valence-electron chi connectivity index (χ1n) is 10.3. The molecule has 0 nitrogen and oxygen atoms in total. The van der Waals surface area contributed by atoms with Crippen LogP contribution in [0.4, 0.5) is 0 Å². The Labute approximate surface area is 180 Å². The molecule has 30 heavy (non-hydrogen) atoms. The average molecular weight is 401 g/mol. The molecule has 0 aliphatic heterocycles. The third-order valence-corrected chi connectivity index (χ3v) is 7.26. The highest BCUT2D eigenvalue weighted by Gasteiger charge is 2.51. The van der Waals surface area contributed by atoms with Gasteiger partial charge in [-0.25, -0.2) is 0 Å². The van der Waals surface area contributed by atoms with Crippen molar-refractivity contribution in [2.24, 2.45) is 0 Å². The van der Waals surface area contributed by atoms with Gasteiger partial charge >= 0.3 is 0 Å². The summed E-state index contributed by atoms with van der Waals surface area (Å²) in [7, 11) is 0. The molecule has 140 valence electrons. The van der Waals surface area contributed by atoms with E-state index in [4.69, 9.17) is 11.6 Å². The fourth-order valence-corrected chi connectivity index (χ4v) is 6.18. The summed E-state index contributed by atoms with van der Waals surface area (Å²) >= 11 is 6.90. The van der Waals surface area contributed by atoms with E-state index in [1.165, 1.54) is 49.9 Å². The predicted molar refractivity (Wildman–Crippen MR) is 125 cm³/mol. The summed E-state index contributed by atoms with van der Waals surface area (Å²) in [6.45, 7) is 0. The van der Waals surface area contributed by atoms with E-state index in [0.717, 1.165) is 10.4 Å². The second-order valence-electron chi connectivity index (χ2n) is 8.21. The number of fused-ring (bicyclic) bond motifs is 12. The lowest BCUT2D eigenvalue weighted by molar-refractivity contribution is 0.794. The number of halogens is 1. The fraction of sp³-hybridized carbons (Fsp3) is 0.0345. The van der Waals surface area contributed by atoms with Gasteiger partial charge in [0.1, 0.15) is 0 Å². The summed E-state index contributed by atoms with van der Waals surface area (Å²) in [4.78, 5) is 0. The van der Waals surface area contributed by atoms with Crippen LogP contribution in [0.3, 0.4) is 0 Å². The van der Waals surface area contributed by atoms with Crippen molar-refractivity contribution in [3.63, 3.8) is 0 Å². The molecule has 0 bridgehead atoms. The lowest BCUT2D eigenvalue weighted by Crippen LogP contribution is -2.25. The van der Waals surface area contributed by atoms with E-state index in [0.29, 0.717) is 0 Å². The lowest BCUT2D eigenvalue weighted by atomic mass is 9.70. The minimum atomic E-state index is -0.327. The molecule has 5 aromatic carbocycles. The second-order valence-corrected chi connectivity index (χ2v) is 8.62. The van der Waals surface area contributed by atoms with E-state index >= 15 is 0 Å². The second kappa shape index (κ2) is 5.62. The standard InChI is InChI=1S/C29H17Cl/c30-27-17-26-28(21-12-2-1-11-20(21)27)22-13-5-8-16-25(22)29(26)23-14-6-3-9-18(23)19-10-4-7-15-24(19)29/h1-17H. The highest BCUT2D eigenvalue weighted by atomic mass is 35.5. The van der Waals surface area contributed by atoms with Gasteiger partial charge in [-0.15, -0.1) is 0 Å². The third kappa shape index (κ3) is 1.75. The molecular weight excluding hydrogens is 384 g/mol. The van der Waals surface area contributed by atoms with Crippen molar-refractivity contribution in [2.45, 2.75) is 5.41 Å². The molecule has 5 aromatic rings. The van der Waals surface area contributed by atoms with Crippen LogP contribution in [0, 0.1) is 0 Å². The first kappa shape index (κ1) is 16.4. The van der Waals surface area contributed by atoms with Gasteiger partial charge in [-0.3, -0.25) is 0 Å². The molecule has 0 saturated heterocycles. The van der Waals surface area contributed by atoms with Gasteiger partial charge in [-0.05, 0) is 56.0 Å². The molecule has 1 heteroatoms. The van der Waals surface area contributed by atoms with Crippen molar-refractivity contribution in [3.8, 4) is 22.3 Å². The molecule has 0 fully saturated rings. The van der Waals surface area contributed by atoms with E-state index in [-0.39, 0.29) is 5.41 Å². The summed E-state index contributed by atoms with van der Waals surface area (Å²) in [5, 5.41) is 3.16. The van der Waals surface area contributed by atoms with Gasteiger partial charge in [-0.2, -0.15) is 0 Å². The van der Waals surface area contributed by atoms with Crippen LogP contribution in [0.25, 0.3) is 33.0 Å². The fourth-order valence-electron chi connectivity index (χ4n) is 5.91.